The number of hydrogen-bond donors (Lipinski definition) is 12. The molecule has 5 rings (SSSR count). The van der Waals surface area contributed by atoms with E-state index in [1.165, 1.54) is 0 Å². The van der Waals surface area contributed by atoms with E-state index in [4.69, 9.17) is 42.6 Å². The van der Waals surface area contributed by atoms with Gasteiger partial charge in [-0.3, -0.25) is 0 Å². The minimum Gasteiger partial charge on any atom is -0.394 e. The van der Waals surface area contributed by atoms with Gasteiger partial charge in [0.1, 0.15) is 91.6 Å². The normalized spacial score (nSPS) is 52.7. The Kier molecular flexibility index (Phi) is 12.2. The second-order valence-electron chi connectivity index (χ2n) is 11.6. The second kappa shape index (κ2) is 15.4. The summed E-state index contributed by atoms with van der Waals surface area (Å²) in [5.74, 6) is 0. The van der Waals surface area contributed by atoms with Crippen LogP contribution in [0.2, 0.25) is 0 Å². The summed E-state index contributed by atoms with van der Waals surface area (Å²) >= 11 is 0. The zero-order valence-corrected chi connectivity index (χ0v) is 24.1. The molecule has 20 atom stereocenters. The van der Waals surface area contributed by atoms with E-state index in [0.717, 1.165) is 0 Å². The lowest BCUT2D eigenvalue weighted by Gasteiger charge is -2.27. The van der Waals surface area contributed by atoms with Crippen LogP contribution < -0.4 is 0 Å². The molecule has 0 spiro atoms. The molecule has 0 aromatic carbocycles. The molecule has 21 heteroatoms. The highest BCUT2D eigenvalue weighted by atomic mass is 16.8. The van der Waals surface area contributed by atoms with Gasteiger partial charge in [0.15, 0.2) is 31.5 Å². The van der Waals surface area contributed by atoms with Crippen LogP contribution in [0.15, 0.2) is 0 Å². The molecule has 21 nitrogen and oxygen atoms in total. The molecule has 5 saturated heterocycles. The number of aliphatic hydroxyl groups excluding tert-OH is 12. The van der Waals surface area contributed by atoms with Crippen LogP contribution in [0.5, 0.6) is 0 Å². The van der Waals surface area contributed by atoms with E-state index in [-0.39, 0.29) is 0 Å². The first-order valence-corrected chi connectivity index (χ1v) is 14.7. The Labute approximate surface area is 260 Å². The van der Waals surface area contributed by atoms with Crippen molar-refractivity contribution < 1.29 is 104 Å². The molecular weight excluding hydrogens is 636 g/mol. The largest absolute Gasteiger partial charge is 0.394 e. The lowest BCUT2D eigenvalue weighted by atomic mass is 10.1. The molecule has 46 heavy (non-hydrogen) atoms. The van der Waals surface area contributed by atoms with Crippen LogP contribution in [-0.4, -0.2) is 217 Å². The molecule has 5 aliphatic heterocycles. The average molecular weight is 679 g/mol. The van der Waals surface area contributed by atoms with Crippen LogP contribution in [0, 0.1) is 0 Å². The van der Waals surface area contributed by atoms with Crippen LogP contribution in [0.1, 0.15) is 0 Å². The van der Waals surface area contributed by atoms with Gasteiger partial charge < -0.3 is 104 Å². The summed E-state index contributed by atoms with van der Waals surface area (Å²) in [5.41, 5.74) is 0. The average Bonchev–Trinajstić information content (AvgIpc) is 3.76. The number of aliphatic hydroxyl groups is 12. The molecule has 0 radical (unpaired) electrons. The van der Waals surface area contributed by atoms with Crippen molar-refractivity contribution in [2.45, 2.75) is 123 Å². The summed E-state index contributed by atoms with van der Waals surface area (Å²) in [6, 6.07) is 0. The first-order valence-electron chi connectivity index (χ1n) is 14.7. The van der Waals surface area contributed by atoms with Crippen molar-refractivity contribution in [1.82, 2.24) is 0 Å². The van der Waals surface area contributed by atoms with Crippen LogP contribution in [0.4, 0.5) is 0 Å². The van der Waals surface area contributed by atoms with Crippen molar-refractivity contribution >= 4 is 0 Å². The Morgan fingerprint density at radius 1 is 0.370 bits per heavy atom. The standard InChI is InChI=1S/C25H42O21/c26-1-6-11(29)16(34)22(41-6)38-5-10-14(32)20(25(44-10)39-4-9-13(31)15(33)21(37)40-9)46-24-18(36)19(8(3-28)43-24)45-23-17(35)12(30)7(2-27)42-23/h6-37H,1-5H2/t6-,7-,8-,9-,10-,11-,12-,13-,14-,15+,16+,17+,18+,19-,20+,21-,22+,23+,24-,25+/m1/s1. The molecule has 0 aromatic heterocycles. The lowest BCUT2D eigenvalue weighted by molar-refractivity contribution is -0.255. The monoisotopic (exact) mass is 678 g/mol. The summed E-state index contributed by atoms with van der Waals surface area (Å²) in [6.07, 6.45) is -29.4. The Morgan fingerprint density at radius 3 is 1.35 bits per heavy atom. The van der Waals surface area contributed by atoms with Crippen LogP contribution in [-0.2, 0) is 42.6 Å². The minimum atomic E-state index is -1.70. The maximum absolute atomic E-state index is 11.1. The topological polar surface area (TPSA) is 326 Å². The van der Waals surface area contributed by atoms with Gasteiger partial charge in [0, 0.05) is 0 Å². The van der Waals surface area contributed by atoms with E-state index < -0.39 is 156 Å². The third-order valence-electron chi connectivity index (χ3n) is 8.53. The Hall–Kier alpha value is -0.840. The summed E-state index contributed by atoms with van der Waals surface area (Å²) < 4.78 is 49.4. The van der Waals surface area contributed by atoms with Gasteiger partial charge >= 0.3 is 0 Å². The van der Waals surface area contributed by atoms with E-state index >= 15 is 0 Å². The van der Waals surface area contributed by atoms with E-state index in [0.29, 0.717) is 0 Å². The van der Waals surface area contributed by atoms with Crippen molar-refractivity contribution in [3.05, 3.63) is 0 Å². The molecule has 0 aliphatic carbocycles. The van der Waals surface area contributed by atoms with Crippen molar-refractivity contribution in [3.8, 4) is 0 Å². The van der Waals surface area contributed by atoms with E-state index in [1.54, 1.807) is 0 Å². The molecule has 5 heterocycles. The highest BCUT2D eigenvalue weighted by Crippen LogP contribution is 2.35. The highest BCUT2D eigenvalue weighted by Gasteiger charge is 2.55. The van der Waals surface area contributed by atoms with Crippen molar-refractivity contribution in [2.24, 2.45) is 0 Å². The predicted molar refractivity (Wildman–Crippen MR) is 136 cm³/mol. The van der Waals surface area contributed by atoms with Crippen LogP contribution in [0.25, 0.3) is 0 Å². The third kappa shape index (κ3) is 7.21. The summed E-state index contributed by atoms with van der Waals surface area (Å²) in [4.78, 5) is 0. The SMILES string of the molecule is OC[C@H]1O[C@@H](O[C@H]2[C@H](O)[C@@H](O[C@@H]3[C@@H](OC[C@H]4O[C@@H](O)[C@@H](O)[C@@H]4O)O[C@H](CO[C@H]4O[C@H](CO)[C@@H](O)[C@@H]4O)[C@H]3O)O[C@@H]2CO)[C@@H](O)[C@@H]1O. The summed E-state index contributed by atoms with van der Waals surface area (Å²) in [7, 11) is 0. The quantitative estimate of drug-likeness (QED) is 0.0860. The minimum absolute atomic E-state index is 0.488. The molecule has 0 aromatic rings. The molecule has 0 saturated carbocycles. The molecule has 5 fully saturated rings. The first kappa shape index (κ1) is 36.4. The predicted octanol–water partition coefficient (Wildman–Crippen LogP) is -8.73. The maximum Gasteiger partial charge on any atom is 0.187 e. The highest BCUT2D eigenvalue weighted by molar-refractivity contribution is 4.96. The molecule has 0 bridgehead atoms. The Bertz CT molecular complexity index is 965. The van der Waals surface area contributed by atoms with Gasteiger partial charge in [0.05, 0.1) is 33.0 Å². The van der Waals surface area contributed by atoms with Gasteiger partial charge in [-0.05, 0) is 0 Å². The van der Waals surface area contributed by atoms with Crippen LogP contribution in [0.3, 0.4) is 0 Å². The van der Waals surface area contributed by atoms with Crippen molar-refractivity contribution in [3.63, 3.8) is 0 Å². The van der Waals surface area contributed by atoms with Gasteiger partial charge in [0.2, 0.25) is 0 Å². The lowest BCUT2D eigenvalue weighted by Crippen LogP contribution is -2.46. The zero-order chi connectivity index (χ0) is 33.4. The summed E-state index contributed by atoms with van der Waals surface area (Å²) in [5, 5.41) is 121. The number of ether oxygens (including phenoxy) is 9. The fourth-order valence-electron chi connectivity index (χ4n) is 5.79. The van der Waals surface area contributed by atoms with Crippen molar-refractivity contribution in [1.29, 1.82) is 0 Å². The fraction of sp³-hybridized carbons (Fsp3) is 1.00. The fourth-order valence-corrected chi connectivity index (χ4v) is 5.79. The third-order valence-corrected chi connectivity index (χ3v) is 8.53. The van der Waals surface area contributed by atoms with E-state index in [1.807, 2.05) is 0 Å². The van der Waals surface area contributed by atoms with Gasteiger partial charge in [-0.25, -0.2) is 0 Å². The zero-order valence-electron chi connectivity index (χ0n) is 24.1. The van der Waals surface area contributed by atoms with Gasteiger partial charge in [-0.1, -0.05) is 0 Å². The van der Waals surface area contributed by atoms with Crippen molar-refractivity contribution in [2.75, 3.05) is 33.0 Å². The maximum atomic E-state index is 11.1. The van der Waals surface area contributed by atoms with Gasteiger partial charge in [0.25, 0.3) is 0 Å². The molecular formula is C25H42O21. The Balaban J connectivity index is 1.25. The summed E-state index contributed by atoms with van der Waals surface area (Å²) in [6.45, 7) is -2.96. The van der Waals surface area contributed by atoms with E-state index in [9.17, 15) is 61.3 Å². The molecule has 268 valence electrons. The molecule has 5 aliphatic rings. The molecule has 0 unspecified atom stereocenters. The Morgan fingerprint density at radius 2 is 0.804 bits per heavy atom. The molecule has 12 N–H and O–H groups in total. The number of hydrogen-bond acceptors (Lipinski definition) is 21. The van der Waals surface area contributed by atoms with Crippen LogP contribution >= 0.6 is 0 Å². The van der Waals surface area contributed by atoms with E-state index in [2.05, 4.69) is 0 Å². The van der Waals surface area contributed by atoms with Gasteiger partial charge in [-0.15, -0.1) is 0 Å². The smallest absolute Gasteiger partial charge is 0.187 e. The van der Waals surface area contributed by atoms with Gasteiger partial charge in [-0.2, -0.15) is 0 Å². The first-order chi connectivity index (χ1) is 21.9. The molecule has 0 amide bonds. The second-order valence-corrected chi connectivity index (χ2v) is 11.6. The number of rotatable bonds is 13.